The standard InChI is InChI=1S/C10H12BrNO3S/c1-3-4-15-10-7(2)5-8(11)6-9(10)16(12,13)14/h3,5-6H,1,4H2,2H3,(H2,12,13,14). The van der Waals surface area contributed by atoms with Crippen molar-refractivity contribution in [1.82, 2.24) is 0 Å². The van der Waals surface area contributed by atoms with Crippen molar-refractivity contribution in [2.24, 2.45) is 5.14 Å². The predicted molar refractivity (Wildman–Crippen MR) is 65.9 cm³/mol. The molecule has 1 aromatic carbocycles. The van der Waals surface area contributed by atoms with Crippen LogP contribution in [0.3, 0.4) is 0 Å². The molecular weight excluding hydrogens is 294 g/mol. The summed E-state index contributed by atoms with van der Waals surface area (Å²) in [6.45, 7) is 5.47. The number of benzene rings is 1. The van der Waals surface area contributed by atoms with E-state index in [0.29, 0.717) is 10.0 Å². The minimum atomic E-state index is -3.80. The van der Waals surface area contributed by atoms with E-state index in [0.717, 1.165) is 0 Å². The van der Waals surface area contributed by atoms with E-state index in [1.54, 1.807) is 13.0 Å². The molecule has 88 valence electrons. The summed E-state index contributed by atoms with van der Waals surface area (Å²) < 4.78 is 28.7. The number of halogens is 1. The molecule has 0 saturated carbocycles. The van der Waals surface area contributed by atoms with E-state index >= 15 is 0 Å². The molecule has 0 fully saturated rings. The number of hydrogen-bond donors (Lipinski definition) is 1. The lowest BCUT2D eigenvalue weighted by atomic mass is 10.2. The lowest BCUT2D eigenvalue weighted by molar-refractivity contribution is 0.350. The molecule has 0 amide bonds. The van der Waals surface area contributed by atoms with Crippen LogP contribution < -0.4 is 9.88 Å². The zero-order valence-corrected chi connectivity index (χ0v) is 11.1. The molecule has 4 nitrogen and oxygen atoms in total. The van der Waals surface area contributed by atoms with Crippen molar-refractivity contribution in [1.29, 1.82) is 0 Å². The highest BCUT2D eigenvalue weighted by Gasteiger charge is 2.18. The Morgan fingerprint density at radius 1 is 1.56 bits per heavy atom. The average molecular weight is 306 g/mol. The van der Waals surface area contributed by atoms with Gasteiger partial charge in [-0.3, -0.25) is 0 Å². The second-order valence-corrected chi connectivity index (χ2v) is 5.64. The van der Waals surface area contributed by atoms with Crippen LogP contribution in [0, 0.1) is 6.92 Å². The van der Waals surface area contributed by atoms with Gasteiger partial charge in [-0.15, -0.1) is 0 Å². The van der Waals surface area contributed by atoms with Crippen LogP contribution in [0.4, 0.5) is 0 Å². The largest absolute Gasteiger partial charge is 0.488 e. The minimum Gasteiger partial charge on any atom is -0.488 e. The molecule has 0 radical (unpaired) electrons. The maximum Gasteiger partial charge on any atom is 0.241 e. The molecule has 0 heterocycles. The molecule has 0 saturated heterocycles. The van der Waals surface area contributed by atoms with Crippen molar-refractivity contribution >= 4 is 26.0 Å². The third kappa shape index (κ3) is 3.07. The van der Waals surface area contributed by atoms with Crippen molar-refractivity contribution in [3.63, 3.8) is 0 Å². The highest BCUT2D eigenvalue weighted by Crippen LogP contribution is 2.30. The topological polar surface area (TPSA) is 69.4 Å². The average Bonchev–Trinajstić information content (AvgIpc) is 2.14. The fourth-order valence-electron chi connectivity index (χ4n) is 1.24. The first-order valence-corrected chi connectivity index (χ1v) is 6.77. The van der Waals surface area contributed by atoms with Crippen LogP contribution >= 0.6 is 15.9 Å². The zero-order chi connectivity index (χ0) is 12.3. The van der Waals surface area contributed by atoms with Gasteiger partial charge in [0, 0.05) is 4.47 Å². The number of aryl methyl sites for hydroxylation is 1. The number of primary sulfonamides is 1. The molecule has 0 aromatic heterocycles. The van der Waals surface area contributed by atoms with E-state index in [1.165, 1.54) is 12.1 Å². The van der Waals surface area contributed by atoms with Crippen LogP contribution in [0.2, 0.25) is 0 Å². The summed E-state index contributed by atoms with van der Waals surface area (Å²) in [7, 11) is -3.80. The number of rotatable bonds is 4. The first-order chi connectivity index (χ1) is 7.36. The van der Waals surface area contributed by atoms with Crippen LogP contribution in [-0.4, -0.2) is 15.0 Å². The van der Waals surface area contributed by atoms with E-state index in [9.17, 15) is 8.42 Å². The normalized spacial score (nSPS) is 11.2. The van der Waals surface area contributed by atoms with Crippen LogP contribution in [0.5, 0.6) is 5.75 Å². The van der Waals surface area contributed by atoms with Gasteiger partial charge in [-0.2, -0.15) is 0 Å². The highest BCUT2D eigenvalue weighted by atomic mass is 79.9. The molecule has 0 aliphatic heterocycles. The van der Waals surface area contributed by atoms with Gasteiger partial charge in [-0.25, -0.2) is 13.6 Å². The monoisotopic (exact) mass is 305 g/mol. The number of nitrogens with two attached hydrogens (primary N) is 1. The van der Waals surface area contributed by atoms with Crippen molar-refractivity contribution in [2.75, 3.05) is 6.61 Å². The maximum absolute atomic E-state index is 11.4. The van der Waals surface area contributed by atoms with Crippen molar-refractivity contribution in [3.05, 3.63) is 34.8 Å². The fraction of sp³-hybridized carbons (Fsp3) is 0.200. The van der Waals surface area contributed by atoms with Gasteiger partial charge in [0.15, 0.2) is 0 Å². The SMILES string of the molecule is C=CCOc1c(C)cc(Br)cc1S(N)(=O)=O. The number of sulfonamides is 1. The van der Waals surface area contributed by atoms with Crippen molar-refractivity contribution < 1.29 is 13.2 Å². The summed E-state index contributed by atoms with van der Waals surface area (Å²) in [5.74, 6) is 0.269. The van der Waals surface area contributed by atoms with Crippen molar-refractivity contribution in [3.8, 4) is 5.75 Å². The molecule has 0 atom stereocenters. The molecule has 0 unspecified atom stereocenters. The quantitative estimate of drug-likeness (QED) is 0.865. The summed E-state index contributed by atoms with van der Waals surface area (Å²) in [5.41, 5.74) is 0.695. The van der Waals surface area contributed by atoms with E-state index in [-0.39, 0.29) is 17.3 Å². The third-order valence-electron chi connectivity index (χ3n) is 1.86. The fourth-order valence-corrected chi connectivity index (χ4v) is 2.73. The van der Waals surface area contributed by atoms with Gasteiger partial charge in [0.1, 0.15) is 17.3 Å². The van der Waals surface area contributed by atoms with Gasteiger partial charge < -0.3 is 4.74 Å². The lowest BCUT2D eigenvalue weighted by Crippen LogP contribution is -2.14. The summed E-state index contributed by atoms with van der Waals surface area (Å²) >= 11 is 3.21. The Balaban J connectivity index is 3.38. The van der Waals surface area contributed by atoms with E-state index in [1.807, 2.05) is 0 Å². The minimum absolute atomic E-state index is 0.0266. The van der Waals surface area contributed by atoms with Crippen LogP contribution in [-0.2, 0) is 10.0 Å². The third-order valence-corrected chi connectivity index (χ3v) is 3.23. The molecule has 0 aliphatic carbocycles. The Morgan fingerprint density at radius 3 is 2.69 bits per heavy atom. The van der Waals surface area contributed by atoms with Gasteiger partial charge >= 0.3 is 0 Å². The Kier molecular flexibility index (Phi) is 4.12. The Morgan fingerprint density at radius 2 is 2.19 bits per heavy atom. The molecule has 0 spiro atoms. The molecule has 0 bridgehead atoms. The summed E-state index contributed by atoms with van der Waals surface area (Å²) in [4.78, 5) is -0.0266. The van der Waals surface area contributed by atoms with Crippen LogP contribution in [0.25, 0.3) is 0 Å². The van der Waals surface area contributed by atoms with Crippen LogP contribution in [0.1, 0.15) is 5.56 Å². The maximum atomic E-state index is 11.4. The summed E-state index contributed by atoms with van der Waals surface area (Å²) in [6.07, 6.45) is 1.54. The van der Waals surface area contributed by atoms with Gasteiger partial charge in [0.05, 0.1) is 0 Å². The van der Waals surface area contributed by atoms with E-state index in [2.05, 4.69) is 22.5 Å². The highest BCUT2D eigenvalue weighted by molar-refractivity contribution is 9.10. The first kappa shape index (κ1) is 13.2. The molecule has 6 heteroatoms. The second kappa shape index (κ2) is 4.99. The molecule has 0 aliphatic rings. The summed E-state index contributed by atoms with van der Waals surface area (Å²) in [6, 6.07) is 3.17. The van der Waals surface area contributed by atoms with Gasteiger partial charge in [-0.05, 0) is 24.6 Å². The lowest BCUT2D eigenvalue weighted by Gasteiger charge is -2.12. The zero-order valence-electron chi connectivity index (χ0n) is 8.73. The molecule has 1 aromatic rings. The molecule has 16 heavy (non-hydrogen) atoms. The summed E-state index contributed by atoms with van der Waals surface area (Å²) in [5, 5.41) is 5.11. The van der Waals surface area contributed by atoms with Crippen molar-refractivity contribution in [2.45, 2.75) is 11.8 Å². The Bertz CT molecular complexity index is 511. The Hall–Kier alpha value is -0.850. The van der Waals surface area contributed by atoms with Crippen LogP contribution in [0.15, 0.2) is 34.2 Å². The number of hydrogen-bond acceptors (Lipinski definition) is 3. The van der Waals surface area contributed by atoms with E-state index in [4.69, 9.17) is 9.88 Å². The Labute approximate surface area is 103 Å². The predicted octanol–water partition coefficient (Wildman–Crippen LogP) is 1.97. The smallest absolute Gasteiger partial charge is 0.241 e. The van der Waals surface area contributed by atoms with Gasteiger partial charge in [-0.1, -0.05) is 28.6 Å². The first-order valence-electron chi connectivity index (χ1n) is 4.43. The second-order valence-electron chi connectivity index (χ2n) is 3.19. The van der Waals surface area contributed by atoms with Gasteiger partial charge in [0.2, 0.25) is 10.0 Å². The molecule has 2 N–H and O–H groups in total. The number of ether oxygens (including phenoxy) is 1. The van der Waals surface area contributed by atoms with E-state index < -0.39 is 10.0 Å². The molecule has 1 rings (SSSR count). The molecular formula is C10H12BrNO3S. The van der Waals surface area contributed by atoms with Gasteiger partial charge in [0.25, 0.3) is 0 Å².